The predicted molar refractivity (Wildman–Crippen MR) is 127 cm³/mol. The van der Waals surface area contributed by atoms with Gasteiger partial charge in [0.15, 0.2) is 0 Å². The summed E-state index contributed by atoms with van der Waals surface area (Å²) in [5.41, 5.74) is 10.1. The lowest BCUT2D eigenvalue weighted by atomic mass is 9.41. The Morgan fingerprint density at radius 1 is 0.933 bits per heavy atom. The maximum atomic E-state index is 6.23. The fraction of sp³-hybridized carbons (Fsp3) is 0.667. The molecular formula is C27H36N2S. The molecule has 7 rings (SSSR count). The predicted octanol–water partition coefficient (Wildman–Crippen LogP) is 5.66. The zero-order valence-corrected chi connectivity index (χ0v) is 18.9. The van der Waals surface area contributed by atoms with Gasteiger partial charge in [0.2, 0.25) is 0 Å². The van der Waals surface area contributed by atoms with Gasteiger partial charge in [0, 0.05) is 17.5 Å². The van der Waals surface area contributed by atoms with Crippen LogP contribution in [0.2, 0.25) is 0 Å². The number of hydrogen-bond acceptors (Lipinski definition) is 2. The summed E-state index contributed by atoms with van der Waals surface area (Å²) in [5.74, 6) is 2.37. The average molecular weight is 421 g/mol. The molecule has 0 spiro atoms. The second-order valence-corrected chi connectivity index (χ2v) is 11.8. The highest BCUT2D eigenvalue weighted by Crippen LogP contribution is 2.68. The smallest absolute Gasteiger partial charge is 0.0818 e. The van der Waals surface area contributed by atoms with Crippen molar-refractivity contribution in [3.63, 3.8) is 0 Å². The van der Waals surface area contributed by atoms with Gasteiger partial charge in [-0.05, 0) is 99.4 Å². The third-order valence-electron chi connectivity index (χ3n) is 9.19. The van der Waals surface area contributed by atoms with Crippen LogP contribution in [0.4, 0.5) is 0 Å². The van der Waals surface area contributed by atoms with Crippen LogP contribution in [0.1, 0.15) is 76.2 Å². The highest BCUT2D eigenvalue weighted by Gasteiger charge is 2.61. The van der Waals surface area contributed by atoms with Gasteiger partial charge in [0.25, 0.3) is 0 Å². The van der Waals surface area contributed by atoms with E-state index in [1.165, 1.54) is 62.8 Å². The summed E-state index contributed by atoms with van der Waals surface area (Å²) in [5, 5.41) is 3.89. The summed E-state index contributed by atoms with van der Waals surface area (Å²) in [6, 6.07) is 12.4. The van der Waals surface area contributed by atoms with Crippen molar-refractivity contribution < 1.29 is 0 Å². The molecular weight excluding hydrogens is 384 g/mol. The Bertz CT molecular complexity index is 829. The summed E-state index contributed by atoms with van der Waals surface area (Å²) >= 11 is 6.23. The van der Waals surface area contributed by atoms with E-state index >= 15 is 0 Å². The van der Waals surface area contributed by atoms with Crippen molar-refractivity contribution in [1.82, 2.24) is 5.32 Å². The molecule has 3 heteroatoms. The maximum Gasteiger partial charge on any atom is 0.0818 e. The zero-order chi connectivity index (χ0) is 20.3. The van der Waals surface area contributed by atoms with Gasteiger partial charge in [-0.3, -0.25) is 0 Å². The first-order valence-corrected chi connectivity index (χ1v) is 12.8. The second kappa shape index (κ2) is 7.17. The first-order valence-electron chi connectivity index (χ1n) is 12.4. The SMILES string of the molecule is N[C@H]1CC[C@H](NC(=S)C23CC4CC(c5ccccc5)(CC(C2)C4=CC2CC2)C3)CC1. The highest BCUT2D eigenvalue weighted by atomic mass is 32.1. The molecule has 3 N–H and O–H groups in total. The van der Waals surface area contributed by atoms with Crippen LogP contribution in [-0.4, -0.2) is 17.1 Å². The van der Waals surface area contributed by atoms with E-state index in [9.17, 15) is 0 Å². The van der Waals surface area contributed by atoms with E-state index in [-0.39, 0.29) is 5.41 Å². The molecule has 6 fully saturated rings. The van der Waals surface area contributed by atoms with Crippen molar-refractivity contribution in [3.05, 3.63) is 47.5 Å². The minimum absolute atomic E-state index is 0.206. The molecule has 2 unspecified atom stereocenters. The molecule has 30 heavy (non-hydrogen) atoms. The van der Waals surface area contributed by atoms with Gasteiger partial charge < -0.3 is 11.1 Å². The van der Waals surface area contributed by atoms with Gasteiger partial charge in [-0.15, -0.1) is 0 Å². The third kappa shape index (κ3) is 3.28. The summed E-state index contributed by atoms with van der Waals surface area (Å²) in [6.45, 7) is 0. The van der Waals surface area contributed by atoms with Crippen LogP contribution < -0.4 is 11.1 Å². The van der Waals surface area contributed by atoms with Crippen LogP contribution >= 0.6 is 12.2 Å². The number of nitrogens with one attached hydrogen (secondary N) is 1. The lowest BCUT2D eigenvalue weighted by Crippen LogP contribution is -2.60. The van der Waals surface area contributed by atoms with Crippen LogP contribution in [0.25, 0.3) is 0 Å². The van der Waals surface area contributed by atoms with Crippen LogP contribution in [0.3, 0.4) is 0 Å². The molecule has 160 valence electrons. The Hall–Kier alpha value is -1.19. The maximum absolute atomic E-state index is 6.23. The number of thiocarbonyl (C=S) groups is 1. The minimum Gasteiger partial charge on any atom is -0.376 e. The Morgan fingerprint density at radius 3 is 2.23 bits per heavy atom. The fourth-order valence-electron chi connectivity index (χ4n) is 7.74. The van der Waals surface area contributed by atoms with E-state index in [1.807, 2.05) is 5.57 Å². The van der Waals surface area contributed by atoms with Gasteiger partial charge in [-0.25, -0.2) is 0 Å². The highest BCUT2D eigenvalue weighted by molar-refractivity contribution is 7.80. The van der Waals surface area contributed by atoms with Gasteiger partial charge in [0.05, 0.1) is 4.99 Å². The first kappa shape index (κ1) is 19.5. The molecule has 0 aromatic heterocycles. The van der Waals surface area contributed by atoms with E-state index in [0.29, 0.717) is 17.5 Å². The number of rotatable bonds is 4. The Kier molecular flexibility index (Phi) is 4.66. The molecule has 0 aliphatic heterocycles. The molecule has 0 radical (unpaired) electrons. The molecule has 1 aromatic rings. The second-order valence-electron chi connectivity index (χ2n) is 11.4. The molecule has 4 bridgehead atoms. The van der Waals surface area contributed by atoms with Gasteiger partial charge in [-0.1, -0.05) is 54.2 Å². The lowest BCUT2D eigenvalue weighted by Gasteiger charge is -2.63. The van der Waals surface area contributed by atoms with Crippen LogP contribution in [0.15, 0.2) is 42.0 Å². The molecule has 0 amide bonds. The Morgan fingerprint density at radius 2 is 1.60 bits per heavy atom. The molecule has 6 saturated carbocycles. The largest absolute Gasteiger partial charge is 0.376 e. The summed E-state index contributed by atoms with van der Waals surface area (Å²) in [6.07, 6.45) is 16.7. The van der Waals surface area contributed by atoms with Crippen molar-refractivity contribution in [2.45, 2.75) is 88.1 Å². The lowest BCUT2D eigenvalue weighted by molar-refractivity contribution is 0.00528. The molecule has 1 aromatic carbocycles. The van der Waals surface area contributed by atoms with E-state index in [4.69, 9.17) is 18.0 Å². The van der Waals surface area contributed by atoms with Crippen LogP contribution in [0, 0.1) is 23.2 Å². The number of nitrogens with two attached hydrogens (primary N) is 1. The van der Waals surface area contributed by atoms with E-state index < -0.39 is 0 Å². The van der Waals surface area contributed by atoms with Crippen molar-refractivity contribution in [1.29, 1.82) is 0 Å². The van der Waals surface area contributed by atoms with Gasteiger partial charge in [-0.2, -0.15) is 0 Å². The standard InChI is InChI=1S/C27H36N2S/c28-22-8-10-23(11-9-22)29-25(30)27-15-19-13-26(17-27,21-4-2-1-3-5-21)14-20(16-27)24(19)12-18-6-7-18/h1-5,12,18-20,22-23H,6-11,13-17,28H2,(H,29,30)/t19?,20?,22-,23-,26?,27?. The number of benzene rings is 1. The van der Waals surface area contributed by atoms with E-state index in [1.54, 1.807) is 5.56 Å². The Balaban J connectivity index is 1.31. The zero-order valence-electron chi connectivity index (χ0n) is 18.1. The monoisotopic (exact) mass is 420 g/mol. The van der Waals surface area contributed by atoms with Gasteiger partial charge in [0.1, 0.15) is 0 Å². The summed E-state index contributed by atoms with van der Waals surface area (Å²) in [4.78, 5) is 1.20. The van der Waals surface area contributed by atoms with Crippen molar-refractivity contribution in [3.8, 4) is 0 Å². The number of hydrogen-bond donors (Lipinski definition) is 2. The van der Waals surface area contributed by atoms with E-state index in [2.05, 4.69) is 41.7 Å². The first-order chi connectivity index (χ1) is 14.6. The van der Waals surface area contributed by atoms with Gasteiger partial charge >= 0.3 is 0 Å². The third-order valence-corrected chi connectivity index (χ3v) is 9.74. The fourth-order valence-corrected chi connectivity index (χ4v) is 8.15. The summed E-state index contributed by atoms with van der Waals surface area (Å²) < 4.78 is 0. The molecule has 6 aliphatic carbocycles. The van der Waals surface area contributed by atoms with E-state index in [0.717, 1.165) is 30.6 Å². The molecule has 6 aliphatic rings. The topological polar surface area (TPSA) is 38.0 Å². The van der Waals surface area contributed by atoms with Crippen LogP contribution in [0.5, 0.6) is 0 Å². The van der Waals surface area contributed by atoms with Crippen LogP contribution in [-0.2, 0) is 5.41 Å². The molecule has 2 atom stereocenters. The summed E-state index contributed by atoms with van der Waals surface area (Å²) in [7, 11) is 0. The molecule has 0 saturated heterocycles. The average Bonchev–Trinajstić information content (AvgIpc) is 3.57. The molecule has 0 heterocycles. The number of allylic oxidation sites excluding steroid dienone is 2. The van der Waals surface area contributed by atoms with Crippen molar-refractivity contribution in [2.24, 2.45) is 28.9 Å². The van der Waals surface area contributed by atoms with Crippen molar-refractivity contribution >= 4 is 17.2 Å². The normalized spacial score (nSPS) is 42.2. The Labute approximate surface area is 187 Å². The van der Waals surface area contributed by atoms with Crippen molar-refractivity contribution in [2.75, 3.05) is 0 Å². The molecule has 2 nitrogen and oxygen atoms in total. The minimum atomic E-state index is 0.206. The quantitative estimate of drug-likeness (QED) is 0.488.